The number of hydrogen-bond donors (Lipinski definition) is 1. The van der Waals surface area contributed by atoms with Gasteiger partial charge in [0.05, 0.1) is 21.3 Å². The summed E-state index contributed by atoms with van der Waals surface area (Å²) in [5, 5.41) is 3.85. The van der Waals surface area contributed by atoms with Crippen molar-refractivity contribution >= 4 is 46.3 Å². The summed E-state index contributed by atoms with van der Waals surface area (Å²) in [7, 11) is 0. The normalized spacial score (nSPS) is 17.0. The predicted molar refractivity (Wildman–Crippen MR) is 144 cm³/mol. The number of carbonyl (C=O) groups is 2. The molecule has 0 saturated heterocycles. The number of hydrogen-bond acceptors (Lipinski definition) is 3. The Morgan fingerprint density at radius 2 is 1.73 bits per heavy atom. The molecule has 5 rings (SSSR count). The molecule has 1 fully saturated rings. The number of aromatic amines is 1. The number of pyridine rings is 1. The summed E-state index contributed by atoms with van der Waals surface area (Å²) in [6, 6.07) is 8.46. The Balaban J connectivity index is 1.76. The Kier molecular flexibility index (Phi) is 6.86. The molecule has 2 aromatic heterocycles. The third-order valence-electron chi connectivity index (χ3n) is 7.14. The topological polar surface area (TPSA) is 79.1 Å². The fourth-order valence-corrected chi connectivity index (χ4v) is 5.61. The van der Waals surface area contributed by atoms with Crippen molar-refractivity contribution in [1.82, 2.24) is 14.7 Å². The molecule has 9 heteroatoms. The van der Waals surface area contributed by atoms with Crippen LogP contribution in [0.1, 0.15) is 68.7 Å². The fraction of sp³-hybridized carbons (Fsp3) is 0.357. The summed E-state index contributed by atoms with van der Waals surface area (Å²) in [4.78, 5) is 43.4. The number of halogens is 2. The lowest BCUT2D eigenvalue weighted by molar-refractivity contribution is -0.577. The van der Waals surface area contributed by atoms with Crippen LogP contribution in [0.2, 0.25) is 10.0 Å². The molecule has 0 unspecified atom stereocenters. The molecule has 1 aromatic carbocycles. The van der Waals surface area contributed by atoms with E-state index in [1.54, 1.807) is 29.0 Å². The highest BCUT2D eigenvalue weighted by molar-refractivity contribution is 6.45. The molecule has 3 heterocycles. The molecule has 0 bridgehead atoms. The first-order chi connectivity index (χ1) is 17.7. The number of imide groups is 1. The number of H-pyrrole nitrogens is 1. The van der Waals surface area contributed by atoms with E-state index in [9.17, 15) is 14.4 Å². The van der Waals surface area contributed by atoms with Gasteiger partial charge < -0.3 is 0 Å². The van der Waals surface area contributed by atoms with Crippen LogP contribution in [0.5, 0.6) is 0 Å². The van der Waals surface area contributed by atoms with Crippen molar-refractivity contribution in [2.24, 2.45) is 0 Å². The Hall–Kier alpha value is -3.16. The standard InChI is InChI=1S/C28H28Cl2N4O3/c1-16(2)24-22(27(36)34(31-24)19-11-12-20(29)21(30)14-19)23-25(32-13-7-8-17(3)15-32)28(37)33(26(23)35)18-9-5-4-6-10-18/h7-8,11-16,18H,4-6,9-10H2,1-3H3/p+1. The van der Waals surface area contributed by atoms with Gasteiger partial charge in [-0.05, 0) is 49.9 Å². The second kappa shape index (κ2) is 9.95. The van der Waals surface area contributed by atoms with E-state index in [2.05, 4.69) is 5.10 Å². The van der Waals surface area contributed by atoms with Crippen molar-refractivity contribution in [3.8, 4) is 5.69 Å². The van der Waals surface area contributed by atoms with Gasteiger partial charge >= 0.3 is 5.91 Å². The van der Waals surface area contributed by atoms with Gasteiger partial charge in [-0.25, -0.2) is 4.68 Å². The van der Waals surface area contributed by atoms with Crippen LogP contribution in [0, 0.1) is 6.92 Å². The molecule has 1 aliphatic carbocycles. The Morgan fingerprint density at radius 1 is 1.00 bits per heavy atom. The molecule has 192 valence electrons. The molecule has 7 nitrogen and oxygen atoms in total. The summed E-state index contributed by atoms with van der Waals surface area (Å²) >= 11 is 12.3. The van der Waals surface area contributed by atoms with Gasteiger partial charge in [0.2, 0.25) is 0 Å². The van der Waals surface area contributed by atoms with Crippen molar-refractivity contribution in [1.29, 1.82) is 0 Å². The molecule has 0 spiro atoms. The molecule has 0 radical (unpaired) electrons. The number of benzene rings is 1. The SMILES string of the molecule is Cc1ccc[n+](C2=C(c3c(C(C)C)[nH]n(-c4ccc(Cl)c(Cl)c4)c3=O)C(=O)N(C3CCCCC3)C2=O)c1. The van der Waals surface area contributed by atoms with E-state index in [0.717, 1.165) is 37.7 Å². The van der Waals surface area contributed by atoms with Crippen LogP contribution in [0.3, 0.4) is 0 Å². The van der Waals surface area contributed by atoms with Gasteiger partial charge in [-0.1, -0.05) is 56.3 Å². The van der Waals surface area contributed by atoms with E-state index in [-0.39, 0.29) is 34.7 Å². The van der Waals surface area contributed by atoms with Crippen molar-refractivity contribution in [3.63, 3.8) is 0 Å². The first kappa shape index (κ1) is 25.5. The van der Waals surface area contributed by atoms with Crippen molar-refractivity contribution in [3.05, 3.63) is 79.9 Å². The molecular weight excluding hydrogens is 511 g/mol. The maximum Gasteiger partial charge on any atom is 0.327 e. The Bertz CT molecular complexity index is 1500. The Morgan fingerprint density at radius 3 is 2.38 bits per heavy atom. The van der Waals surface area contributed by atoms with E-state index in [1.165, 1.54) is 9.58 Å². The number of nitrogens with zero attached hydrogens (tertiary/aromatic N) is 3. The van der Waals surface area contributed by atoms with Gasteiger partial charge in [0.25, 0.3) is 17.2 Å². The van der Waals surface area contributed by atoms with E-state index in [0.29, 0.717) is 21.4 Å². The third kappa shape index (κ3) is 4.44. The monoisotopic (exact) mass is 539 g/mol. The van der Waals surface area contributed by atoms with Gasteiger partial charge in [-0.15, -0.1) is 0 Å². The summed E-state index contributed by atoms with van der Waals surface area (Å²) in [6.07, 6.45) is 8.13. The molecule has 3 aromatic rings. The molecule has 37 heavy (non-hydrogen) atoms. The van der Waals surface area contributed by atoms with Crippen LogP contribution in [-0.4, -0.2) is 32.5 Å². The van der Waals surface area contributed by atoms with Crippen LogP contribution >= 0.6 is 23.2 Å². The van der Waals surface area contributed by atoms with Crippen LogP contribution in [0.4, 0.5) is 0 Å². The fourth-order valence-electron chi connectivity index (χ4n) is 5.32. The summed E-state index contributed by atoms with van der Waals surface area (Å²) in [5.74, 6) is -0.909. The van der Waals surface area contributed by atoms with Crippen LogP contribution in [0.15, 0.2) is 47.5 Å². The van der Waals surface area contributed by atoms with E-state index in [4.69, 9.17) is 23.2 Å². The molecule has 1 aliphatic heterocycles. The zero-order valence-corrected chi connectivity index (χ0v) is 22.6. The van der Waals surface area contributed by atoms with Crippen LogP contribution < -0.4 is 10.1 Å². The van der Waals surface area contributed by atoms with Crippen molar-refractivity contribution < 1.29 is 14.2 Å². The maximum atomic E-state index is 14.1. The largest absolute Gasteiger partial charge is 0.327 e. The van der Waals surface area contributed by atoms with Crippen LogP contribution in [0.25, 0.3) is 17.0 Å². The quantitative estimate of drug-likeness (QED) is 0.354. The van der Waals surface area contributed by atoms with Gasteiger partial charge in [-0.3, -0.25) is 24.4 Å². The van der Waals surface area contributed by atoms with Crippen molar-refractivity contribution in [2.75, 3.05) is 0 Å². The third-order valence-corrected chi connectivity index (χ3v) is 7.88. The first-order valence-electron chi connectivity index (χ1n) is 12.6. The summed E-state index contributed by atoms with van der Waals surface area (Å²) in [5.41, 5.74) is 2.11. The zero-order chi connectivity index (χ0) is 26.4. The highest BCUT2D eigenvalue weighted by Gasteiger charge is 2.50. The molecule has 1 saturated carbocycles. The highest BCUT2D eigenvalue weighted by Crippen LogP contribution is 2.36. The molecule has 2 amide bonds. The summed E-state index contributed by atoms with van der Waals surface area (Å²) in [6.45, 7) is 5.80. The number of amides is 2. The summed E-state index contributed by atoms with van der Waals surface area (Å²) < 4.78 is 3.03. The molecule has 2 aliphatic rings. The number of rotatable bonds is 5. The zero-order valence-electron chi connectivity index (χ0n) is 21.1. The van der Waals surface area contributed by atoms with Crippen LogP contribution in [-0.2, 0) is 9.59 Å². The minimum atomic E-state index is -0.422. The van der Waals surface area contributed by atoms with E-state index >= 15 is 0 Å². The lowest BCUT2D eigenvalue weighted by Crippen LogP contribution is -2.45. The smallest absolute Gasteiger partial charge is 0.294 e. The maximum absolute atomic E-state index is 14.1. The lowest BCUT2D eigenvalue weighted by Gasteiger charge is -2.29. The van der Waals surface area contributed by atoms with E-state index in [1.807, 2.05) is 39.1 Å². The number of aryl methyl sites for hydroxylation is 1. The highest BCUT2D eigenvalue weighted by atomic mass is 35.5. The molecule has 0 atom stereocenters. The average Bonchev–Trinajstić information content (AvgIpc) is 3.34. The predicted octanol–water partition coefficient (Wildman–Crippen LogP) is 5.26. The minimum Gasteiger partial charge on any atom is -0.294 e. The minimum absolute atomic E-state index is 0.130. The average molecular weight is 540 g/mol. The molecular formula is C28H29Cl2N4O3+. The number of carbonyl (C=O) groups excluding carboxylic acids is 2. The van der Waals surface area contributed by atoms with Crippen molar-refractivity contribution in [2.45, 2.75) is 64.8 Å². The van der Waals surface area contributed by atoms with Gasteiger partial charge in [0.1, 0.15) is 5.57 Å². The molecule has 1 N–H and O–H groups in total. The number of nitrogens with one attached hydrogen (secondary N) is 1. The Labute approximate surface area is 225 Å². The lowest BCUT2D eigenvalue weighted by atomic mass is 9.94. The van der Waals surface area contributed by atoms with E-state index < -0.39 is 11.5 Å². The van der Waals surface area contributed by atoms with Gasteiger partial charge in [0, 0.05) is 23.4 Å². The first-order valence-corrected chi connectivity index (χ1v) is 13.4. The van der Waals surface area contributed by atoms with Gasteiger partial charge in [0.15, 0.2) is 12.4 Å². The van der Waals surface area contributed by atoms with Gasteiger partial charge in [-0.2, -0.15) is 4.57 Å². The second-order valence-corrected chi connectivity index (χ2v) is 10.9. The number of aromatic nitrogens is 3. The second-order valence-electron chi connectivity index (χ2n) is 10.1.